The van der Waals surface area contributed by atoms with Gasteiger partial charge in [0.25, 0.3) is 0 Å². The fourth-order valence-electron chi connectivity index (χ4n) is 1.65. The van der Waals surface area contributed by atoms with Crippen LogP contribution in [-0.2, 0) is 16.4 Å². The minimum Gasteiger partial charge on any atom is -0.250 e. The Morgan fingerprint density at radius 3 is 2.15 bits per heavy atom. The fraction of sp³-hybridized carbons (Fsp3) is 0.556. The molecule has 0 unspecified atom stereocenters. The second-order valence-corrected chi connectivity index (χ2v) is 5.15. The van der Waals surface area contributed by atoms with Crippen molar-refractivity contribution < 1.29 is 8.42 Å². The zero-order valence-corrected chi connectivity index (χ0v) is 9.27. The van der Waals surface area contributed by atoms with Gasteiger partial charge in [-0.1, -0.05) is 6.92 Å². The molecule has 0 saturated carbocycles. The molecule has 1 aromatic heterocycles. The van der Waals surface area contributed by atoms with E-state index in [-0.39, 0.29) is 0 Å². The van der Waals surface area contributed by atoms with E-state index in [0.29, 0.717) is 0 Å². The van der Waals surface area contributed by atoms with Crippen LogP contribution in [0.3, 0.4) is 0 Å². The van der Waals surface area contributed by atoms with Gasteiger partial charge in [0.15, 0.2) is 0 Å². The lowest BCUT2D eigenvalue weighted by Crippen LogP contribution is -2.10. The summed E-state index contributed by atoms with van der Waals surface area (Å²) in [6, 6.07) is 0. The van der Waals surface area contributed by atoms with Crippen molar-refractivity contribution in [2.24, 2.45) is 0 Å². The van der Waals surface area contributed by atoms with Crippen LogP contribution in [-0.4, -0.2) is 18.6 Å². The van der Waals surface area contributed by atoms with E-state index in [1.807, 2.05) is 20.8 Å². The van der Waals surface area contributed by atoms with Gasteiger partial charge in [0, 0.05) is 11.9 Å². The van der Waals surface area contributed by atoms with Crippen LogP contribution in [0.25, 0.3) is 0 Å². The van der Waals surface area contributed by atoms with Crippen molar-refractivity contribution in [3.63, 3.8) is 0 Å². The van der Waals surface area contributed by atoms with Crippen LogP contribution in [0.1, 0.15) is 23.7 Å². The van der Waals surface area contributed by atoms with Crippen LogP contribution < -0.4 is 0 Å². The van der Waals surface area contributed by atoms with Gasteiger partial charge in [0.2, 0.25) is 10.0 Å². The van der Waals surface area contributed by atoms with Gasteiger partial charge in [-0.25, -0.2) is 12.4 Å². The van der Waals surface area contributed by atoms with E-state index in [2.05, 4.69) is 0 Å². The second-order valence-electron chi connectivity index (χ2n) is 3.29. The number of aromatic nitrogens is 1. The average molecular weight is 201 g/mol. The molecule has 0 fully saturated rings. The maximum Gasteiger partial charge on any atom is 0.235 e. The first kappa shape index (κ1) is 10.3. The molecule has 0 atom stereocenters. The molecule has 0 aliphatic rings. The van der Waals surface area contributed by atoms with Crippen LogP contribution in [0.2, 0.25) is 0 Å². The predicted octanol–water partition coefficient (Wildman–Crippen LogP) is 1.48. The van der Waals surface area contributed by atoms with Gasteiger partial charge >= 0.3 is 0 Å². The first-order valence-corrected chi connectivity index (χ1v) is 6.10. The van der Waals surface area contributed by atoms with Crippen molar-refractivity contribution in [3.05, 3.63) is 23.0 Å². The van der Waals surface area contributed by atoms with E-state index in [4.69, 9.17) is 0 Å². The summed E-state index contributed by atoms with van der Waals surface area (Å²) >= 11 is 0. The molecule has 74 valence electrons. The highest BCUT2D eigenvalue weighted by Crippen LogP contribution is 2.17. The lowest BCUT2D eigenvalue weighted by Gasteiger charge is -2.02. The third-order valence-electron chi connectivity index (χ3n) is 2.27. The zero-order chi connectivity index (χ0) is 10.2. The molecule has 1 aromatic rings. The molecule has 0 saturated heterocycles. The van der Waals surface area contributed by atoms with Gasteiger partial charge in [0.05, 0.1) is 6.26 Å². The summed E-state index contributed by atoms with van der Waals surface area (Å²) in [5, 5.41) is 0. The summed E-state index contributed by atoms with van der Waals surface area (Å²) in [4.78, 5) is 0. The normalized spacial score (nSPS) is 12.0. The number of hydrogen-bond acceptors (Lipinski definition) is 2. The first-order valence-electron chi connectivity index (χ1n) is 4.26. The van der Waals surface area contributed by atoms with Gasteiger partial charge in [-0.2, -0.15) is 0 Å². The predicted molar refractivity (Wildman–Crippen MR) is 53.5 cm³/mol. The molecular weight excluding hydrogens is 186 g/mol. The monoisotopic (exact) mass is 201 g/mol. The lowest BCUT2D eigenvalue weighted by molar-refractivity contribution is 0.592. The highest BCUT2D eigenvalue weighted by Gasteiger charge is 2.13. The average Bonchev–Trinajstić information content (AvgIpc) is 2.25. The second kappa shape index (κ2) is 3.18. The van der Waals surface area contributed by atoms with Crippen molar-refractivity contribution >= 4 is 10.0 Å². The summed E-state index contributed by atoms with van der Waals surface area (Å²) in [5.74, 6) is 0. The van der Waals surface area contributed by atoms with Crippen LogP contribution >= 0.6 is 0 Å². The summed E-state index contributed by atoms with van der Waals surface area (Å²) in [6.45, 7) is 5.81. The third-order valence-corrected chi connectivity index (χ3v) is 3.36. The Hall–Kier alpha value is -0.770. The smallest absolute Gasteiger partial charge is 0.235 e. The topological polar surface area (TPSA) is 39.1 Å². The molecule has 0 aliphatic carbocycles. The highest BCUT2D eigenvalue weighted by atomic mass is 32.2. The molecule has 1 rings (SSSR count). The first-order chi connectivity index (χ1) is 5.88. The fourth-order valence-corrected chi connectivity index (χ4v) is 2.61. The maximum atomic E-state index is 11.3. The molecule has 4 heteroatoms. The maximum absolute atomic E-state index is 11.3. The Labute approximate surface area is 79.4 Å². The number of rotatable bonds is 2. The number of nitrogens with zero attached hydrogens (tertiary/aromatic N) is 1. The lowest BCUT2D eigenvalue weighted by atomic mass is 10.1. The van der Waals surface area contributed by atoms with Gasteiger partial charge in [-0.05, 0) is 31.4 Å². The van der Waals surface area contributed by atoms with E-state index in [1.54, 1.807) is 6.20 Å². The van der Waals surface area contributed by atoms with Crippen molar-refractivity contribution in [2.75, 3.05) is 6.26 Å². The van der Waals surface area contributed by atoms with Crippen LogP contribution in [0.15, 0.2) is 6.20 Å². The summed E-state index contributed by atoms with van der Waals surface area (Å²) in [5.41, 5.74) is 3.01. The van der Waals surface area contributed by atoms with Gasteiger partial charge in [-0.15, -0.1) is 0 Å². The van der Waals surface area contributed by atoms with Crippen LogP contribution in [0, 0.1) is 13.8 Å². The van der Waals surface area contributed by atoms with Crippen LogP contribution in [0.4, 0.5) is 0 Å². The molecular formula is C9H15NO2S. The van der Waals surface area contributed by atoms with E-state index < -0.39 is 10.0 Å². The van der Waals surface area contributed by atoms with Crippen LogP contribution in [0.5, 0.6) is 0 Å². The zero-order valence-electron chi connectivity index (χ0n) is 8.46. The minimum atomic E-state index is -3.13. The molecule has 1 heterocycles. The summed E-state index contributed by atoms with van der Waals surface area (Å²) in [6.07, 6.45) is 3.78. The number of aryl methyl sites for hydroxylation is 1. The molecule has 0 aromatic carbocycles. The van der Waals surface area contributed by atoms with Gasteiger partial charge in [-0.3, -0.25) is 0 Å². The van der Waals surface area contributed by atoms with Crippen molar-refractivity contribution in [1.82, 2.24) is 3.97 Å². The summed E-state index contributed by atoms with van der Waals surface area (Å²) in [7, 11) is -3.13. The Kier molecular flexibility index (Phi) is 2.52. The largest absolute Gasteiger partial charge is 0.250 e. The minimum absolute atomic E-state index is 0.836. The quantitative estimate of drug-likeness (QED) is 0.727. The van der Waals surface area contributed by atoms with E-state index in [9.17, 15) is 8.42 Å². The molecule has 13 heavy (non-hydrogen) atoms. The molecule has 0 bridgehead atoms. The van der Waals surface area contributed by atoms with Crippen molar-refractivity contribution in [2.45, 2.75) is 27.2 Å². The molecule has 0 spiro atoms. The Morgan fingerprint density at radius 1 is 1.38 bits per heavy atom. The molecule has 0 N–H and O–H groups in total. The molecule has 3 nitrogen and oxygen atoms in total. The van der Waals surface area contributed by atoms with Gasteiger partial charge < -0.3 is 0 Å². The van der Waals surface area contributed by atoms with Crippen molar-refractivity contribution in [3.8, 4) is 0 Å². The molecule has 0 amide bonds. The summed E-state index contributed by atoms with van der Waals surface area (Å²) < 4.78 is 23.9. The highest BCUT2D eigenvalue weighted by molar-refractivity contribution is 7.89. The third kappa shape index (κ3) is 1.77. The number of hydrogen-bond donors (Lipinski definition) is 0. The van der Waals surface area contributed by atoms with Crippen molar-refractivity contribution in [1.29, 1.82) is 0 Å². The Balaban J connectivity index is 3.44. The van der Waals surface area contributed by atoms with Gasteiger partial charge in [0.1, 0.15) is 0 Å². The van der Waals surface area contributed by atoms with E-state index >= 15 is 0 Å². The van der Waals surface area contributed by atoms with E-state index in [0.717, 1.165) is 23.2 Å². The SMILES string of the molecule is CCc1c(C)cn(S(C)(=O)=O)c1C. The standard InChI is InChI=1S/C9H15NO2S/c1-5-9-7(2)6-10(8(9)3)13(4,11)12/h6H,5H2,1-4H3. The Morgan fingerprint density at radius 2 is 1.92 bits per heavy atom. The molecule has 0 radical (unpaired) electrons. The molecule has 0 aliphatic heterocycles. The Bertz CT molecular complexity index is 415. The van der Waals surface area contributed by atoms with E-state index in [1.165, 1.54) is 10.2 Å².